The molecule has 110 valence electrons. The molecule has 2 rings (SSSR count). The van der Waals surface area contributed by atoms with Gasteiger partial charge < -0.3 is 20.2 Å². The highest BCUT2D eigenvalue weighted by Crippen LogP contribution is 2.20. The number of nitrogens with one attached hydrogen (secondary N) is 2. The number of carbonyl (C=O) groups is 1. The normalized spacial score (nSPS) is 21.2. The fourth-order valence-electron chi connectivity index (χ4n) is 2.27. The third kappa shape index (κ3) is 4.13. The molecule has 3 N–H and O–H groups in total. The predicted octanol–water partition coefficient (Wildman–Crippen LogP) is 2.14. The number of hydrogen-bond acceptors (Lipinski definition) is 3. The van der Waals surface area contributed by atoms with E-state index in [2.05, 4.69) is 22.8 Å². The summed E-state index contributed by atoms with van der Waals surface area (Å²) in [6.07, 6.45) is 9.06. The molecule has 1 aromatic heterocycles. The number of allylic oxidation sites excluding steroid dienone is 2. The minimum atomic E-state index is -1.20. The van der Waals surface area contributed by atoms with E-state index < -0.39 is 5.60 Å². The zero-order valence-corrected chi connectivity index (χ0v) is 11.8. The number of urea groups is 1. The van der Waals surface area contributed by atoms with E-state index in [-0.39, 0.29) is 12.6 Å². The van der Waals surface area contributed by atoms with Crippen molar-refractivity contribution in [3.63, 3.8) is 0 Å². The number of aliphatic hydroxyl groups is 1. The Morgan fingerprint density at radius 3 is 3.00 bits per heavy atom. The summed E-state index contributed by atoms with van der Waals surface area (Å²) in [6, 6.07) is 3.14. The molecule has 0 fully saturated rings. The van der Waals surface area contributed by atoms with Gasteiger partial charge in [-0.05, 0) is 44.2 Å². The van der Waals surface area contributed by atoms with Crippen LogP contribution in [0.4, 0.5) is 4.79 Å². The van der Waals surface area contributed by atoms with Gasteiger partial charge in [-0.1, -0.05) is 12.2 Å². The minimum absolute atomic E-state index is 0.108. The first-order chi connectivity index (χ1) is 9.58. The highest BCUT2D eigenvalue weighted by atomic mass is 16.4. The average molecular weight is 278 g/mol. The Labute approximate surface area is 119 Å². The lowest BCUT2D eigenvalue weighted by atomic mass is 9.94. The maximum Gasteiger partial charge on any atom is 0.314 e. The molecule has 0 saturated heterocycles. The number of carbonyl (C=O) groups excluding carboxylic acids is 1. The van der Waals surface area contributed by atoms with E-state index >= 15 is 0 Å². The van der Waals surface area contributed by atoms with Gasteiger partial charge in [-0.3, -0.25) is 0 Å². The second-order valence-corrected chi connectivity index (χ2v) is 5.47. The Morgan fingerprint density at radius 1 is 1.50 bits per heavy atom. The van der Waals surface area contributed by atoms with Crippen LogP contribution >= 0.6 is 0 Å². The number of rotatable bonds is 5. The number of amides is 2. The molecule has 20 heavy (non-hydrogen) atoms. The van der Waals surface area contributed by atoms with E-state index in [0.29, 0.717) is 18.2 Å². The Morgan fingerprint density at radius 2 is 2.35 bits per heavy atom. The van der Waals surface area contributed by atoms with E-state index in [9.17, 15) is 9.90 Å². The third-order valence-electron chi connectivity index (χ3n) is 3.57. The van der Waals surface area contributed by atoms with Crippen molar-refractivity contribution >= 4 is 6.03 Å². The maximum atomic E-state index is 11.7. The van der Waals surface area contributed by atoms with Crippen LogP contribution in [-0.2, 0) is 5.60 Å². The molecule has 2 amide bonds. The van der Waals surface area contributed by atoms with Gasteiger partial charge in [0.05, 0.1) is 12.8 Å². The van der Waals surface area contributed by atoms with Crippen LogP contribution in [0.25, 0.3) is 0 Å². The zero-order valence-electron chi connectivity index (χ0n) is 11.8. The quantitative estimate of drug-likeness (QED) is 0.722. The van der Waals surface area contributed by atoms with Crippen molar-refractivity contribution in [3.8, 4) is 0 Å². The molecule has 1 aromatic rings. The first-order valence-corrected chi connectivity index (χ1v) is 7.01. The molecule has 0 radical (unpaired) electrons. The van der Waals surface area contributed by atoms with Gasteiger partial charge in [0.15, 0.2) is 0 Å². The largest absolute Gasteiger partial charge is 0.466 e. The maximum absolute atomic E-state index is 11.7. The van der Waals surface area contributed by atoms with Gasteiger partial charge in [0, 0.05) is 6.54 Å². The van der Waals surface area contributed by atoms with Gasteiger partial charge in [0.2, 0.25) is 0 Å². The summed E-state index contributed by atoms with van der Waals surface area (Å²) in [7, 11) is 0. The van der Waals surface area contributed by atoms with Gasteiger partial charge in [-0.2, -0.15) is 0 Å². The predicted molar refractivity (Wildman–Crippen MR) is 76.2 cm³/mol. The average Bonchev–Trinajstić information content (AvgIpc) is 2.99. The molecule has 0 unspecified atom stereocenters. The Balaban J connectivity index is 1.71. The van der Waals surface area contributed by atoms with Gasteiger partial charge >= 0.3 is 6.03 Å². The Kier molecular flexibility index (Phi) is 4.84. The van der Waals surface area contributed by atoms with Crippen LogP contribution in [-0.4, -0.2) is 24.2 Å². The van der Waals surface area contributed by atoms with Crippen LogP contribution in [0.1, 0.15) is 31.9 Å². The summed E-state index contributed by atoms with van der Waals surface area (Å²) in [5.74, 6) is 0.951. The summed E-state index contributed by atoms with van der Waals surface area (Å²) >= 11 is 0. The van der Waals surface area contributed by atoms with Crippen molar-refractivity contribution < 1.29 is 14.3 Å². The standard InChI is InChI=1S/C15H22N2O3/c1-15(19,13-8-5-9-20-13)11-17-14(18)16-10-12-6-3-2-4-7-12/h2-3,5,8-9,12,19H,4,6-7,10-11H2,1H3,(H2,16,17,18)/t12-,15+/m0/s1. The highest BCUT2D eigenvalue weighted by Gasteiger charge is 2.26. The molecule has 5 heteroatoms. The first kappa shape index (κ1) is 14.7. The van der Waals surface area contributed by atoms with Crippen LogP contribution in [0.3, 0.4) is 0 Å². The molecule has 1 aliphatic carbocycles. The molecule has 0 aromatic carbocycles. The van der Waals surface area contributed by atoms with Crippen LogP contribution < -0.4 is 10.6 Å². The van der Waals surface area contributed by atoms with Crippen molar-refractivity contribution in [2.24, 2.45) is 5.92 Å². The molecule has 0 saturated carbocycles. The van der Waals surface area contributed by atoms with Gasteiger partial charge in [-0.25, -0.2) is 4.79 Å². The van der Waals surface area contributed by atoms with Gasteiger partial charge in [0.25, 0.3) is 0 Å². The van der Waals surface area contributed by atoms with E-state index in [0.717, 1.165) is 19.3 Å². The molecule has 5 nitrogen and oxygen atoms in total. The van der Waals surface area contributed by atoms with Crippen LogP contribution in [0, 0.1) is 5.92 Å². The van der Waals surface area contributed by atoms with E-state index in [4.69, 9.17) is 4.42 Å². The number of hydrogen-bond donors (Lipinski definition) is 3. The van der Waals surface area contributed by atoms with Crippen molar-refractivity contribution in [1.82, 2.24) is 10.6 Å². The van der Waals surface area contributed by atoms with Crippen LogP contribution in [0.5, 0.6) is 0 Å². The number of furan rings is 1. The third-order valence-corrected chi connectivity index (χ3v) is 3.57. The molecule has 1 aliphatic rings. The van der Waals surface area contributed by atoms with E-state index in [1.807, 2.05) is 0 Å². The lowest BCUT2D eigenvalue weighted by Crippen LogP contribution is -2.44. The molecule has 2 atom stereocenters. The smallest absolute Gasteiger partial charge is 0.314 e. The molecular formula is C15H22N2O3. The van der Waals surface area contributed by atoms with Crippen LogP contribution in [0.2, 0.25) is 0 Å². The monoisotopic (exact) mass is 278 g/mol. The molecule has 0 spiro atoms. The summed E-state index contributed by atoms with van der Waals surface area (Å²) in [6.45, 7) is 2.38. The molecule has 0 bridgehead atoms. The molecular weight excluding hydrogens is 256 g/mol. The Hall–Kier alpha value is -1.75. The second-order valence-electron chi connectivity index (χ2n) is 5.47. The van der Waals surface area contributed by atoms with Crippen molar-refractivity contribution in [2.45, 2.75) is 31.8 Å². The fourth-order valence-corrected chi connectivity index (χ4v) is 2.27. The summed E-state index contributed by atoms with van der Waals surface area (Å²) < 4.78 is 5.16. The highest BCUT2D eigenvalue weighted by molar-refractivity contribution is 5.73. The van der Waals surface area contributed by atoms with E-state index in [1.165, 1.54) is 6.26 Å². The lowest BCUT2D eigenvalue weighted by Gasteiger charge is -2.22. The topological polar surface area (TPSA) is 74.5 Å². The lowest BCUT2D eigenvalue weighted by molar-refractivity contribution is 0.0367. The first-order valence-electron chi connectivity index (χ1n) is 7.01. The summed E-state index contributed by atoms with van der Waals surface area (Å²) in [5, 5.41) is 15.7. The fraction of sp³-hybridized carbons (Fsp3) is 0.533. The van der Waals surface area contributed by atoms with Crippen molar-refractivity contribution in [2.75, 3.05) is 13.1 Å². The van der Waals surface area contributed by atoms with Crippen LogP contribution in [0.15, 0.2) is 35.0 Å². The van der Waals surface area contributed by atoms with Gasteiger partial charge in [0.1, 0.15) is 11.4 Å². The molecule has 0 aliphatic heterocycles. The minimum Gasteiger partial charge on any atom is -0.466 e. The SMILES string of the molecule is C[C@@](O)(CNC(=O)NC[C@H]1CC=CCC1)c1ccco1. The van der Waals surface area contributed by atoms with Gasteiger partial charge in [-0.15, -0.1) is 0 Å². The summed E-state index contributed by atoms with van der Waals surface area (Å²) in [5.41, 5.74) is -1.20. The second kappa shape index (κ2) is 6.61. The molecule has 1 heterocycles. The van der Waals surface area contributed by atoms with Crippen molar-refractivity contribution in [3.05, 3.63) is 36.3 Å². The van der Waals surface area contributed by atoms with Crippen molar-refractivity contribution in [1.29, 1.82) is 0 Å². The summed E-state index contributed by atoms with van der Waals surface area (Å²) in [4.78, 5) is 11.7. The zero-order chi connectivity index (χ0) is 14.4. The Bertz CT molecular complexity index is 452. The van der Waals surface area contributed by atoms with E-state index in [1.54, 1.807) is 19.1 Å².